The minimum atomic E-state index is 0.239. The van der Waals surface area contributed by atoms with E-state index in [2.05, 4.69) is 198 Å². The molecule has 2 aromatic heterocycles. The van der Waals surface area contributed by atoms with Crippen LogP contribution in [0.15, 0.2) is 182 Å². The van der Waals surface area contributed by atoms with Gasteiger partial charge in [-0.1, -0.05) is 127 Å². The first-order valence-corrected chi connectivity index (χ1v) is 17.9. The first kappa shape index (κ1) is 29.5. The van der Waals surface area contributed by atoms with Gasteiger partial charge in [-0.05, 0) is 107 Å². The molecule has 1 aliphatic rings. The van der Waals surface area contributed by atoms with Crippen molar-refractivity contribution in [2.24, 2.45) is 0 Å². The smallest absolute Gasteiger partial charge is 0.0560 e. The molecule has 2 nitrogen and oxygen atoms in total. The Morgan fingerprint density at radius 2 is 1.04 bits per heavy atom. The number of fused-ring (bicyclic) bond motifs is 6. The second-order valence-electron chi connectivity index (χ2n) is 13.8. The molecule has 0 aliphatic heterocycles. The molecule has 10 rings (SSSR count). The molecule has 2 heterocycles. The van der Waals surface area contributed by atoms with Gasteiger partial charge in [0.2, 0.25) is 0 Å². The molecule has 1 atom stereocenters. The molecule has 242 valence electrons. The van der Waals surface area contributed by atoms with Crippen LogP contribution >= 0.6 is 0 Å². The molecular weight excluding hydrogens is 617 g/mol. The number of nitrogens with zero attached hydrogens (tertiary/aromatic N) is 2. The molecule has 9 aromatic rings. The molecule has 0 fully saturated rings. The highest BCUT2D eigenvalue weighted by molar-refractivity contribution is 6.12. The maximum absolute atomic E-state index is 2.54. The summed E-state index contributed by atoms with van der Waals surface area (Å²) in [6.45, 7) is 2.18. The number of para-hydroxylation sites is 2. The highest BCUT2D eigenvalue weighted by atomic mass is 15.0. The van der Waals surface area contributed by atoms with Gasteiger partial charge in [0.25, 0.3) is 0 Å². The Hall–Kier alpha value is -6.38. The Labute approximate surface area is 297 Å². The molecule has 0 amide bonds. The van der Waals surface area contributed by atoms with Gasteiger partial charge in [0.15, 0.2) is 0 Å². The Kier molecular flexibility index (Phi) is 6.89. The summed E-state index contributed by atoms with van der Waals surface area (Å²) in [6.07, 6.45) is 8.06. The van der Waals surface area contributed by atoms with Gasteiger partial charge in [-0.25, -0.2) is 0 Å². The topological polar surface area (TPSA) is 9.86 Å². The van der Waals surface area contributed by atoms with Gasteiger partial charge >= 0.3 is 0 Å². The standard InChI is InChI=1S/C49H36N2/c1-33-19-26-47-43(29-33)45-32-39(23-28-49(45)50(47)40-15-6-3-7-16-40)38-22-27-48-44(31-38)42-17-8-9-18-46(42)51(48)41-24-20-35(21-25-41)37-14-10-13-36(30-37)34-11-4-2-5-12-34/h2-24,26-32,41H,25H2,1H3. The lowest BCUT2D eigenvalue weighted by Gasteiger charge is -2.21. The minimum absolute atomic E-state index is 0.239. The van der Waals surface area contributed by atoms with Gasteiger partial charge < -0.3 is 9.13 Å². The number of rotatable bonds is 5. The van der Waals surface area contributed by atoms with E-state index >= 15 is 0 Å². The number of hydrogen-bond donors (Lipinski definition) is 0. The molecule has 0 spiro atoms. The Morgan fingerprint density at radius 1 is 0.451 bits per heavy atom. The summed E-state index contributed by atoms with van der Waals surface area (Å²) in [7, 11) is 0. The van der Waals surface area contributed by atoms with Crippen LogP contribution in [0.3, 0.4) is 0 Å². The summed E-state index contributed by atoms with van der Waals surface area (Å²) in [5.41, 5.74) is 15.0. The zero-order valence-corrected chi connectivity index (χ0v) is 28.5. The first-order valence-electron chi connectivity index (χ1n) is 17.9. The van der Waals surface area contributed by atoms with Crippen molar-refractivity contribution >= 4 is 49.2 Å². The molecule has 0 N–H and O–H groups in total. The lowest BCUT2D eigenvalue weighted by molar-refractivity contribution is 0.649. The molecule has 1 aliphatic carbocycles. The van der Waals surface area contributed by atoms with E-state index in [1.807, 2.05) is 0 Å². The average molecular weight is 653 g/mol. The second kappa shape index (κ2) is 11.9. The molecular formula is C49H36N2. The van der Waals surface area contributed by atoms with E-state index in [1.54, 1.807) is 0 Å². The Bertz CT molecular complexity index is 2830. The lowest BCUT2D eigenvalue weighted by Crippen LogP contribution is -2.08. The van der Waals surface area contributed by atoms with E-state index in [-0.39, 0.29) is 6.04 Å². The fourth-order valence-corrected chi connectivity index (χ4v) is 8.24. The summed E-state index contributed by atoms with van der Waals surface area (Å²) in [5.74, 6) is 0. The maximum atomic E-state index is 2.54. The molecule has 0 saturated carbocycles. The summed E-state index contributed by atoms with van der Waals surface area (Å²) >= 11 is 0. The number of allylic oxidation sites excluding steroid dienone is 4. The third-order valence-electron chi connectivity index (χ3n) is 10.7. The first-order chi connectivity index (χ1) is 25.2. The third-order valence-corrected chi connectivity index (χ3v) is 10.7. The van der Waals surface area contributed by atoms with Crippen molar-refractivity contribution in [2.75, 3.05) is 0 Å². The predicted molar refractivity (Wildman–Crippen MR) is 217 cm³/mol. The van der Waals surface area contributed by atoms with Crippen LogP contribution in [0.4, 0.5) is 0 Å². The summed E-state index contributed by atoms with van der Waals surface area (Å²) in [5, 5.41) is 5.16. The summed E-state index contributed by atoms with van der Waals surface area (Å²) in [4.78, 5) is 0. The normalized spacial score (nSPS) is 14.5. The van der Waals surface area contributed by atoms with E-state index in [0.29, 0.717) is 0 Å². The van der Waals surface area contributed by atoms with Crippen LogP contribution in [0.25, 0.3) is 77.1 Å². The molecule has 51 heavy (non-hydrogen) atoms. The second-order valence-corrected chi connectivity index (χ2v) is 13.8. The monoisotopic (exact) mass is 652 g/mol. The minimum Gasteiger partial charge on any atom is -0.333 e. The average Bonchev–Trinajstić information content (AvgIpc) is 3.70. The molecule has 2 heteroatoms. The van der Waals surface area contributed by atoms with Crippen LogP contribution < -0.4 is 0 Å². The van der Waals surface area contributed by atoms with Crippen LogP contribution in [0, 0.1) is 6.92 Å². The highest BCUT2D eigenvalue weighted by Crippen LogP contribution is 2.40. The predicted octanol–water partition coefficient (Wildman–Crippen LogP) is 13.1. The van der Waals surface area contributed by atoms with E-state index in [9.17, 15) is 0 Å². The van der Waals surface area contributed by atoms with Crippen molar-refractivity contribution in [3.8, 4) is 27.9 Å². The van der Waals surface area contributed by atoms with Crippen molar-refractivity contribution in [2.45, 2.75) is 19.4 Å². The number of hydrogen-bond acceptors (Lipinski definition) is 0. The van der Waals surface area contributed by atoms with Crippen molar-refractivity contribution in [1.82, 2.24) is 9.13 Å². The van der Waals surface area contributed by atoms with Crippen molar-refractivity contribution in [3.63, 3.8) is 0 Å². The van der Waals surface area contributed by atoms with Crippen LogP contribution in [0.2, 0.25) is 0 Å². The SMILES string of the molecule is Cc1ccc2c(c1)c1cc(-c3ccc4c(c3)c3ccccc3n4C3C=CC(c4cccc(-c5ccccc5)c4)=CC3)ccc1n2-c1ccccc1. The number of aryl methyl sites for hydroxylation is 1. The lowest BCUT2D eigenvalue weighted by atomic mass is 9.94. The van der Waals surface area contributed by atoms with Crippen molar-refractivity contribution < 1.29 is 0 Å². The third kappa shape index (κ3) is 4.94. The van der Waals surface area contributed by atoms with E-state index in [4.69, 9.17) is 0 Å². The fourth-order valence-electron chi connectivity index (χ4n) is 8.24. The maximum Gasteiger partial charge on any atom is 0.0560 e. The van der Waals surface area contributed by atoms with Gasteiger partial charge in [0.05, 0.1) is 17.1 Å². The molecule has 0 bridgehead atoms. The van der Waals surface area contributed by atoms with E-state index in [1.165, 1.54) is 88.3 Å². The van der Waals surface area contributed by atoms with Crippen LogP contribution in [-0.4, -0.2) is 9.13 Å². The van der Waals surface area contributed by atoms with Crippen molar-refractivity contribution in [3.05, 3.63) is 193 Å². The van der Waals surface area contributed by atoms with Gasteiger partial charge in [-0.15, -0.1) is 0 Å². The van der Waals surface area contributed by atoms with E-state index < -0.39 is 0 Å². The molecule has 1 unspecified atom stereocenters. The van der Waals surface area contributed by atoms with Gasteiger partial charge in [-0.2, -0.15) is 0 Å². The largest absolute Gasteiger partial charge is 0.333 e. The molecule has 0 saturated heterocycles. The number of benzene rings is 7. The molecule has 0 radical (unpaired) electrons. The van der Waals surface area contributed by atoms with E-state index in [0.717, 1.165) is 6.42 Å². The van der Waals surface area contributed by atoms with Gasteiger partial charge in [-0.3, -0.25) is 0 Å². The van der Waals surface area contributed by atoms with Crippen LogP contribution in [0.5, 0.6) is 0 Å². The van der Waals surface area contributed by atoms with Crippen LogP contribution in [-0.2, 0) is 0 Å². The zero-order chi connectivity index (χ0) is 33.9. The van der Waals surface area contributed by atoms with Gasteiger partial charge in [0, 0.05) is 38.3 Å². The van der Waals surface area contributed by atoms with Gasteiger partial charge in [0.1, 0.15) is 0 Å². The zero-order valence-electron chi connectivity index (χ0n) is 28.5. The van der Waals surface area contributed by atoms with Crippen LogP contribution in [0.1, 0.15) is 23.6 Å². The highest BCUT2D eigenvalue weighted by Gasteiger charge is 2.20. The Morgan fingerprint density at radius 3 is 1.80 bits per heavy atom. The summed E-state index contributed by atoms with van der Waals surface area (Å²) < 4.78 is 4.93. The molecule has 7 aromatic carbocycles. The summed E-state index contributed by atoms with van der Waals surface area (Å²) in [6, 6.07) is 60.2. The van der Waals surface area contributed by atoms with Crippen molar-refractivity contribution in [1.29, 1.82) is 0 Å². The fraction of sp³-hybridized carbons (Fsp3) is 0.0612. The number of aromatic nitrogens is 2. The quantitative estimate of drug-likeness (QED) is 0.175. The Balaban J connectivity index is 1.04.